The normalized spacial score (nSPS) is 12.8. The van der Waals surface area contributed by atoms with Crippen LogP contribution in [0.2, 0.25) is 0 Å². The van der Waals surface area contributed by atoms with E-state index >= 15 is 0 Å². The van der Waals surface area contributed by atoms with E-state index in [0.29, 0.717) is 0 Å². The molecule has 0 aliphatic heterocycles. The largest absolute Gasteiger partial charge is 0.417 e. The van der Waals surface area contributed by atoms with Crippen LogP contribution < -0.4 is 11.1 Å². The molecule has 1 unspecified atom stereocenters. The van der Waals surface area contributed by atoms with E-state index in [0.717, 1.165) is 12.1 Å². The van der Waals surface area contributed by atoms with Crippen LogP contribution in [0.15, 0.2) is 24.3 Å². The number of carbonyl (C=O) groups is 1. The molecule has 0 spiro atoms. The third-order valence-corrected chi connectivity index (χ3v) is 2.93. The lowest BCUT2D eigenvalue weighted by Gasteiger charge is -2.14. The molecule has 0 radical (unpaired) electrons. The van der Waals surface area contributed by atoms with Gasteiger partial charge in [0, 0.05) is 12.5 Å². The Labute approximate surface area is 114 Å². The summed E-state index contributed by atoms with van der Waals surface area (Å²) in [5, 5.41) is 2.39. The predicted octanol–water partition coefficient (Wildman–Crippen LogP) is 2.36. The van der Waals surface area contributed by atoms with Gasteiger partial charge in [-0.15, -0.1) is 0 Å². The van der Waals surface area contributed by atoms with Gasteiger partial charge in [0.2, 0.25) is 0 Å². The lowest BCUT2D eigenvalue weighted by molar-refractivity contribution is -0.137. The second-order valence-electron chi connectivity index (χ2n) is 4.06. The summed E-state index contributed by atoms with van der Waals surface area (Å²) in [6.07, 6.45) is -4.57. The number of hydrogen-bond donors (Lipinski definition) is 2. The number of benzene rings is 1. The molecule has 19 heavy (non-hydrogen) atoms. The summed E-state index contributed by atoms with van der Waals surface area (Å²) in [5.74, 6) is -1.08. The van der Waals surface area contributed by atoms with Gasteiger partial charge in [-0.25, -0.2) is 0 Å². The summed E-state index contributed by atoms with van der Waals surface area (Å²) in [4.78, 5) is 11.9. The van der Waals surface area contributed by atoms with Gasteiger partial charge in [-0.2, -0.15) is 13.2 Å². The number of rotatable bonds is 4. The molecule has 0 aliphatic rings. The van der Waals surface area contributed by atoms with Crippen LogP contribution in [0, 0.1) is 5.92 Å². The van der Waals surface area contributed by atoms with Crippen LogP contribution in [0.3, 0.4) is 0 Å². The Hall–Kier alpha value is -1.63. The Morgan fingerprint density at radius 2 is 2.00 bits per heavy atom. The topological polar surface area (TPSA) is 55.1 Å². The van der Waals surface area contributed by atoms with E-state index in [-0.39, 0.29) is 17.5 Å². The van der Waals surface area contributed by atoms with Crippen LogP contribution in [-0.4, -0.2) is 17.4 Å². The molecule has 1 atom stereocenters. The van der Waals surface area contributed by atoms with Crippen molar-refractivity contribution in [1.82, 2.24) is 5.32 Å². The van der Waals surface area contributed by atoms with Crippen molar-refractivity contribution in [2.45, 2.75) is 13.1 Å². The van der Waals surface area contributed by atoms with Crippen molar-refractivity contribution in [3.63, 3.8) is 0 Å². The maximum Gasteiger partial charge on any atom is 0.417 e. The van der Waals surface area contributed by atoms with Crippen molar-refractivity contribution < 1.29 is 18.0 Å². The molecule has 1 rings (SSSR count). The summed E-state index contributed by atoms with van der Waals surface area (Å²) in [7, 11) is 0. The van der Waals surface area contributed by atoms with Crippen molar-refractivity contribution in [2.24, 2.45) is 11.7 Å². The number of halogens is 3. The number of nitrogens with two attached hydrogens (primary N) is 1. The zero-order chi connectivity index (χ0) is 14.6. The SMILES string of the molecule is CC(CNC(=O)c1ccccc1C(F)(F)F)C(N)=S. The Bertz CT molecular complexity index is 488. The van der Waals surface area contributed by atoms with Crippen molar-refractivity contribution in [3.8, 4) is 0 Å². The fourth-order valence-electron chi connectivity index (χ4n) is 1.37. The Kier molecular flexibility index (Phi) is 4.88. The van der Waals surface area contributed by atoms with Gasteiger partial charge in [0.15, 0.2) is 0 Å². The van der Waals surface area contributed by atoms with E-state index in [2.05, 4.69) is 5.32 Å². The number of carbonyl (C=O) groups excluding carboxylic acids is 1. The molecule has 0 saturated carbocycles. The van der Waals surface area contributed by atoms with Crippen LogP contribution in [0.4, 0.5) is 13.2 Å². The molecule has 0 heterocycles. The molecule has 0 aromatic heterocycles. The summed E-state index contributed by atoms with van der Waals surface area (Å²) >= 11 is 4.72. The number of alkyl halides is 3. The minimum atomic E-state index is -4.57. The first-order chi connectivity index (χ1) is 8.73. The van der Waals surface area contributed by atoms with Crippen molar-refractivity contribution in [2.75, 3.05) is 6.54 Å². The highest BCUT2D eigenvalue weighted by molar-refractivity contribution is 7.80. The Balaban J connectivity index is 2.86. The fourth-order valence-corrected chi connectivity index (χ4v) is 1.45. The Morgan fingerprint density at radius 1 is 1.42 bits per heavy atom. The highest BCUT2D eigenvalue weighted by Gasteiger charge is 2.34. The van der Waals surface area contributed by atoms with Gasteiger partial charge in [-0.1, -0.05) is 31.3 Å². The monoisotopic (exact) mass is 290 g/mol. The zero-order valence-electron chi connectivity index (χ0n) is 10.1. The zero-order valence-corrected chi connectivity index (χ0v) is 10.9. The number of amides is 1. The van der Waals surface area contributed by atoms with E-state index in [1.165, 1.54) is 12.1 Å². The molecule has 1 aromatic carbocycles. The van der Waals surface area contributed by atoms with Gasteiger partial charge in [0.05, 0.1) is 16.1 Å². The van der Waals surface area contributed by atoms with Crippen LogP contribution in [0.1, 0.15) is 22.8 Å². The van der Waals surface area contributed by atoms with Gasteiger partial charge < -0.3 is 11.1 Å². The molecule has 104 valence electrons. The summed E-state index contributed by atoms with van der Waals surface area (Å²) in [5.41, 5.74) is 3.99. The summed E-state index contributed by atoms with van der Waals surface area (Å²) in [6.45, 7) is 1.78. The van der Waals surface area contributed by atoms with Crippen molar-refractivity contribution in [1.29, 1.82) is 0 Å². The lowest BCUT2D eigenvalue weighted by Crippen LogP contribution is -2.34. The van der Waals surface area contributed by atoms with Crippen LogP contribution >= 0.6 is 12.2 Å². The molecule has 3 nitrogen and oxygen atoms in total. The Morgan fingerprint density at radius 3 is 2.53 bits per heavy atom. The second kappa shape index (κ2) is 6.01. The van der Waals surface area contributed by atoms with Crippen molar-refractivity contribution in [3.05, 3.63) is 35.4 Å². The molecule has 0 fully saturated rings. The number of nitrogens with one attached hydrogen (secondary N) is 1. The summed E-state index contributed by atoms with van der Waals surface area (Å²) in [6, 6.07) is 4.61. The first-order valence-electron chi connectivity index (χ1n) is 5.47. The fraction of sp³-hybridized carbons (Fsp3) is 0.333. The first kappa shape index (κ1) is 15.4. The maximum absolute atomic E-state index is 12.7. The molecule has 0 bridgehead atoms. The minimum absolute atomic E-state index is 0.0976. The molecule has 3 N–H and O–H groups in total. The third kappa shape index (κ3) is 4.20. The van der Waals surface area contributed by atoms with E-state index < -0.39 is 23.2 Å². The van der Waals surface area contributed by atoms with Crippen molar-refractivity contribution >= 4 is 23.1 Å². The first-order valence-corrected chi connectivity index (χ1v) is 5.88. The average molecular weight is 290 g/mol. The maximum atomic E-state index is 12.7. The quantitative estimate of drug-likeness (QED) is 0.837. The number of hydrogen-bond acceptors (Lipinski definition) is 2. The second-order valence-corrected chi connectivity index (χ2v) is 4.53. The van der Waals surface area contributed by atoms with Gasteiger partial charge in [-0.05, 0) is 12.1 Å². The summed E-state index contributed by atoms with van der Waals surface area (Å²) < 4.78 is 38.1. The lowest BCUT2D eigenvalue weighted by atomic mass is 10.1. The van der Waals surface area contributed by atoms with Gasteiger partial charge in [0.1, 0.15) is 0 Å². The van der Waals surface area contributed by atoms with E-state index in [1.54, 1.807) is 6.92 Å². The molecule has 1 aromatic rings. The standard InChI is InChI=1S/C12H13F3N2OS/c1-7(10(16)19)6-17-11(18)8-4-2-3-5-9(8)12(13,14)15/h2-5,7H,6H2,1H3,(H2,16,19)(H,17,18). The van der Waals surface area contributed by atoms with Crippen LogP contribution in [0.25, 0.3) is 0 Å². The third-order valence-electron chi connectivity index (χ3n) is 2.53. The smallest absolute Gasteiger partial charge is 0.393 e. The predicted molar refractivity (Wildman–Crippen MR) is 69.7 cm³/mol. The molecular formula is C12H13F3N2OS. The van der Waals surface area contributed by atoms with E-state index in [9.17, 15) is 18.0 Å². The highest BCUT2D eigenvalue weighted by atomic mass is 32.1. The number of thiocarbonyl (C=S) groups is 1. The molecule has 0 saturated heterocycles. The van der Waals surface area contributed by atoms with Gasteiger partial charge in [0.25, 0.3) is 5.91 Å². The average Bonchev–Trinajstić information content (AvgIpc) is 2.34. The van der Waals surface area contributed by atoms with E-state index in [1.807, 2.05) is 0 Å². The van der Waals surface area contributed by atoms with Crippen LogP contribution in [-0.2, 0) is 6.18 Å². The minimum Gasteiger partial charge on any atom is -0.393 e. The molecular weight excluding hydrogens is 277 g/mol. The van der Waals surface area contributed by atoms with Gasteiger partial charge in [-0.3, -0.25) is 4.79 Å². The molecule has 1 amide bonds. The van der Waals surface area contributed by atoms with Gasteiger partial charge >= 0.3 is 6.18 Å². The molecule has 7 heteroatoms. The highest BCUT2D eigenvalue weighted by Crippen LogP contribution is 2.31. The van der Waals surface area contributed by atoms with E-state index in [4.69, 9.17) is 18.0 Å². The molecule has 0 aliphatic carbocycles. The van der Waals surface area contributed by atoms with Crippen LogP contribution in [0.5, 0.6) is 0 Å².